The van der Waals surface area contributed by atoms with Crippen molar-refractivity contribution in [2.75, 3.05) is 6.61 Å². The molecular weight excluding hydrogens is 512 g/mol. The maximum Gasteiger partial charge on any atom is 0.306 e. The Labute approximate surface area is 253 Å². The van der Waals surface area contributed by atoms with Gasteiger partial charge in [0.15, 0.2) is 5.66 Å². The summed E-state index contributed by atoms with van der Waals surface area (Å²) in [5, 5.41) is 8.52. The van der Waals surface area contributed by atoms with Crippen LogP contribution in [0.15, 0.2) is 10.2 Å². The lowest BCUT2D eigenvalue weighted by atomic mass is 9.98. The fraction of sp³-hybridized carbons (Fsp3) is 0.914. The van der Waals surface area contributed by atoms with Gasteiger partial charge in [0.2, 0.25) is 0 Å². The molecule has 1 rings (SSSR count). The molecule has 0 N–H and O–H groups in total. The molecule has 1 aliphatic rings. The number of rotatable bonds is 31. The highest BCUT2D eigenvalue weighted by atomic mass is 16.6. The molecule has 0 saturated heterocycles. The van der Waals surface area contributed by atoms with Crippen molar-refractivity contribution in [3.05, 3.63) is 6.92 Å². The molecule has 1 radical (unpaired) electrons. The van der Waals surface area contributed by atoms with Crippen LogP contribution in [0, 0.1) is 6.92 Å². The van der Waals surface area contributed by atoms with Gasteiger partial charge in [-0.1, -0.05) is 142 Å². The van der Waals surface area contributed by atoms with E-state index in [1.54, 1.807) is 0 Å². The smallest absolute Gasteiger partial charge is 0.306 e. The number of ether oxygens (including phenoxy) is 2. The molecule has 0 aromatic carbocycles. The topological polar surface area (TPSA) is 77.3 Å². The van der Waals surface area contributed by atoms with E-state index in [0.29, 0.717) is 19.3 Å². The molecule has 0 aromatic rings. The van der Waals surface area contributed by atoms with Crippen molar-refractivity contribution >= 4 is 11.9 Å². The summed E-state index contributed by atoms with van der Waals surface area (Å²) in [7, 11) is 0. The normalized spacial score (nSPS) is 14.2. The molecule has 0 spiro atoms. The van der Waals surface area contributed by atoms with Crippen molar-refractivity contribution in [3.8, 4) is 0 Å². The van der Waals surface area contributed by atoms with Crippen LogP contribution < -0.4 is 0 Å². The van der Waals surface area contributed by atoms with Crippen molar-refractivity contribution in [2.24, 2.45) is 10.2 Å². The average Bonchev–Trinajstić information content (AvgIpc) is 3.73. The minimum Gasteiger partial charge on any atom is -0.462 e. The standard InChI is InChI=1S/C35H65N2O4/c1-4-6-8-10-12-13-14-15-16-17-18-19-20-22-24-27-33(38)40-31-32(3)41-34(39)28-26-30-35(36-37-35)29-25-23-21-11-9-7-5-2/h32H,3-31H2,1-2H3. The van der Waals surface area contributed by atoms with E-state index in [4.69, 9.17) is 9.47 Å². The number of unbranched alkanes of at least 4 members (excludes halogenated alkanes) is 20. The van der Waals surface area contributed by atoms with Gasteiger partial charge in [0.25, 0.3) is 0 Å². The molecule has 239 valence electrons. The van der Waals surface area contributed by atoms with E-state index in [1.807, 2.05) is 0 Å². The van der Waals surface area contributed by atoms with Crippen LogP contribution in [0.3, 0.4) is 0 Å². The maximum atomic E-state index is 12.2. The van der Waals surface area contributed by atoms with Gasteiger partial charge < -0.3 is 9.47 Å². The van der Waals surface area contributed by atoms with Gasteiger partial charge in [-0.3, -0.25) is 9.59 Å². The quantitative estimate of drug-likeness (QED) is 0.0606. The molecule has 0 fully saturated rings. The number of hydrogen-bond donors (Lipinski definition) is 0. The first-order valence-electron chi connectivity index (χ1n) is 17.6. The van der Waals surface area contributed by atoms with E-state index >= 15 is 0 Å². The van der Waals surface area contributed by atoms with Crippen LogP contribution >= 0.6 is 0 Å². The van der Waals surface area contributed by atoms with Crippen molar-refractivity contribution < 1.29 is 19.1 Å². The Kier molecular flexibility index (Phi) is 24.0. The van der Waals surface area contributed by atoms with Gasteiger partial charge in [0.1, 0.15) is 12.7 Å². The first kappa shape index (κ1) is 37.6. The zero-order valence-corrected chi connectivity index (χ0v) is 27.1. The van der Waals surface area contributed by atoms with E-state index < -0.39 is 6.10 Å². The number of esters is 2. The molecule has 1 heterocycles. The van der Waals surface area contributed by atoms with E-state index in [0.717, 1.165) is 32.1 Å². The summed E-state index contributed by atoms with van der Waals surface area (Å²) in [6.45, 7) is 8.35. The lowest BCUT2D eigenvalue weighted by Crippen LogP contribution is -2.23. The second-order valence-corrected chi connectivity index (χ2v) is 12.4. The molecule has 0 saturated carbocycles. The van der Waals surface area contributed by atoms with Gasteiger partial charge in [-0.15, -0.1) is 0 Å². The van der Waals surface area contributed by atoms with Crippen LogP contribution in [0.2, 0.25) is 0 Å². The van der Waals surface area contributed by atoms with Crippen LogP contribution in [-0.4, -0.2) is 30.3 Å². The molecule has 0 aliphatic carbocycles. The Morgan fingerprint density at radius 3 is 1.41 bits per heavy atom. The molecule has 0 amide bonds. The third kappa shape index (κ3) is 23.8. The molecule has 6 nitrogen and oxygen atoms in total. The van der Waals surface area contributed by atoms with Crippen LogP contribution in [0.5, 0.6) is 0 Å². The third-order valence-corrected chi connectivity index (χ3v) is 8.23. The molecule has 1 atom stereocenters. The second kappa shape index (κ2) is 26.2. The summed E-state index contributed by atoms with van der Waals surface area (Å²) in [5.74, 6) is -0.524. The molecule has 0 bridgehead atoms. The summed E-state index contributed by atoms with van der Waals surface area (Å²) >= 11 is 0. The maximum absolute atomic E-state index is 12.2. The second-order valence-electron chi connectivity index (χ2n) is 12.4. The Balaban J connectivity index is 1.88. The first-order valence-corrected chi connectivity index (χ1v) is 17.6. The van der Waals surface area contributed by atoms with Crippen LogP contribution in [0.25, 0.3) is 0 Å². The summed E-state index contributed by atoms with van der Waals surface area (Å²) < 4.78 is 10.6. The number of carbonyl (C=O) groups is 2. The van der Waals surface area contributed by atoms with E-state index in [9.17, 15) is 9.59 Å². The highest BCUT2D eigenvalue weighted by Gasteiger charge is 2.38. The van der Waals surface area contributed by atoms with Crippen molar-refractivity contribution in [2.45, 2.75) is 199 Å². The number of hydrogen-bond acceptors (Lipinski definition) is 6. The van der Waals surface area contributed by atoms with Gasteiger partial charge in [-0.25, -0.2) is 0 Å². The van der Waals surface area contributed by atoms with E-state index in [1.165, 1.54) is 122 Å². The lowest BCUT2D eigenvalue weighted by molar-refractivity contribution is -0.156. The van der Waals surface area contributed by atoms with Crippen LogP contribution in [0.4, 0.5) is 0 Å². The van der Waals surface area contributed by atoms with Gasteiger partial charge in [0.05, 0.1) is 0 Å². The van der Waals surface area contributed by atoms with Gasteiger partial charge in [0, 0.05) is 12.8 Å². The molecule has 0 aromatic heterocycles. The van der Waals surface area contributed by atoms with E-state index in [-0.39, 0.29) is 24.2 Å². The lowest BCUT2D eigenvalue weighted by Gasteiger charge is -2.14. The molecule has 41 heavy (non-hydrogen) atoms. The minimum atomic E-state index is -0.663. The summed E-state index contributed by atoms with van der Waals surface area (Å²) in [5.41, 5.74) is -0.240. The van der Waals surface area contributed by atoms with Gasteiger partial charge >= 0.3 is 11.9 Å². The van der Waals surface area contributed by atoms with Crippen molar-refractivity contribution in [1.82, 2.24) is 0 Å². The number of nitrogens with zero attached hydrogens (tertiary/aromatic N) is 2. The number of carbonyl (C=O) groups excluding carboxylic acids is 2. The zero-order valence-electron chi connectivity index (χ0n) is 27.1. The largest absolute Gasteiger partial charge is 0.462 e. The highest BCUT2D eigenvalue weighted by molar-refractivity contribution is 5.70. The monoisotopic (exact) mass is 577 g/mol. The average molecular weight is 578 g/mol. The Bertz CT molecular complexity index is 661. The fourth-order valence-corrected chi connectivity index (χ4v) is 5.45. The van der Waals surface area contributed by atoms with Crippen LogP contribution in [0.1, 0.15) is 187 Å². The summed E-state index contributed by atoms with van der Waals surface area (Å²) in [4.78, 5) is 24.2. The predicted octanol–water partition coefficient (Wildman–Crippen LogP) is 11.0. The SMILES string of the molecule is [CH2]C(COC(=O)CCCCCCCCCCCCCCCCC)OC(=O)CCCC1(CCCCCCCCC)N=N1. The fourth-order valence-electron chi connectivity index (χ4n) is 5.45. The third-order valence-electron chi connectivity index (χ3n) is 8.23. The molecular formula is C35H65N2O4. The molecule has 6 heteroatoms. The summed E-state index contributed by atoms with van der Waals surface area (Å²) in [6, 6.07) is 0. The molecule has 1 unspecified atom stereocenters. The Hall–Kier alpha value is -1.46. The molecule has 1 aliphatic heterocycles. The van der Waals surface area contributed by atoms with E-state index in [2.05, 4.69) is 31.0 Å². The van der Waals surface area contributed by atoms with Crippen molar-refractivity contribution in [1.29, 1.82) is 0 Å². The van der Waals surface area contributed by atoms with Gasteiger partial charge in [-0.05, 0) is 39.0 Å². The minimum absolute atomic E-state index is 0.0240. The first-order chi connectivity index (χ1) is 20.0. The Morgan fingerprint density at radius 1 is 0.561 bits per heavy atom. The zero-order chi connectivity index (χ0) is 29.9. The van der Waals surface area contributed by atoms with Gasteiger partial charge in [-0.2, -0.15) is 10.2 Å². The predicted molar refractivity (Wildman–Crippen MR) is 170 cm³/mol. The highest BCUT2D eigenvalue weighted by Crippen LogP contribution is 2.38. The van der Waals surface area contributed by atoms with Crippen LogP contribution in [-0.2, 0) is 19.1 Å². The van der Waals surface area contributed by atoms with Crippen molar-refractivity contribution in [3.63, 3.8) is 0 Å². The Morgan fingerprint density at radius 2 is 0.951 bits per heavy atom. The summed E-state index contributed by atoms with van der Waals surface area (Å²) in [6.07, 6.45) is 31.0.